The minimum Gasteiger partial charge on any atom is -0.496 e. The van der Waals surface area contributed by atoms with Gasteiger partial charge in [-0.15, -0.1) is 0 Å². The third kappa shape index (κ3) is 3.70. The number of carbonyl (C=O) groups excluding carboxylic acids is 1. The number of carbonyl (C=O) groups is 1. The lowest BCUT2D eigenvalue weighted by molar-refractivity contribution is 0.0694. The van der Waals surface area contributed by atoms with Crippen LogP contribution in [0.15, 0.2) is 36.7 Å². The molecular weight excluding hydrogens is 380 g/mol. The summed E-state index contributed by atoms with van der Waals surface area (Å²) in [5.74, 6) is 0.133. The summed E-state index contributed by atoms with van der Waals surface area (Å²) >= 11 is 6.36. The van der Waals surface area contributed by atoms with Gasteiger partial charge in [-0.25, -0.2) is 5.14 Å². The van der Waals surface area contributed by atoms with Gasteiger partial charge in [0.15, 0.2) is 0 Å². The third-order valence-corrected chi connectivity index (χ3v) is 5.66. The highest BCUT2D eigenvalue weighted by Gasteiger charge is 2.28. The van der Waals surface area contributed by atoms with Crippen molar-refractivity contribution >= 4 is 27.7 Å². The lowest BCUT2D eigenvalue weighted by Gasteiger charge is -2.33. The second-order valence-electron chi connectivity index (χ2n) is 5.83. The molecule has 0 aliphatic carbocycles. The van der Waals surface area contributed by atoms with Crippen molar-refractivity contribution in [1.82, 2.24) is 13.8 Å². The molecule has 26 heavy (non-hydrogen) atoms. The summed E-state index contributed by atoms with van der Waals surface area (Å²) in [4.78, 5) is 14.4. The standard InChI is InChI=1S/C16H19ClN4O4S/c1-25-15-11-14(19-4-2-3-5-19)13(17)10-12(15)16(22)20-6-8-21(9-7-20)26(18,23)24/h2-5,10-11H,6-9H2,1H3,(H2,18,23,24). The summed E-state index contributed by atoms with van der Waals surface area (Å²) in [6.07, 6.45) is 3.68. The fraction of sp³-hybridized carbons (Fsp3) is 0.312. The van der Waals surface area contributed by atoms with Gasteiger partial charge in [0.25, 0.3) is 16.1 Å². The Morgan fingerprint density at radius 2 is 1.77 bits per heavy atom. The first-order valence-electron chi connectivity index (χ1n) is 7.89. The summed E-state index contributed by atoms with van der Waals surface area (Å²) < 4.78 is 31.1. The SMILES string of the molecule is COc1cc(-n2cccc2)c(Cl)cc1C(=O)N1CCN(S(N)(=O)=O)CC1. The number of halogens is 1. The first-order valence-corrected chi connectivity index (χ1v) is 9.77. The van der Waals surface area contributed by atoms with E-state index in [1.165, 1.54) is 7.11 Å². The molecule has 10 heteroatoms. The van der Waals surface area contributed by atoms with Crippen molar-refractivity contribution in [1.29, 1.82) is 0 Å². The summed E-state index contributed by atoms with van der Waals surface area (Å²) in [6.45, 7) is 0.801. The molecule has 1 aliphatic rings. The van der Waals surface area contributed by atoms with Gasteiger partial charge < -0.3 is 14.2 Å². The average Bonchev–Trinajstić information content (AvgIpc) is 3.14. The van der Waals surface area contributed by atoms with E-state index < -0.39 is 10.2 Å². The van der Waals surface area contributed by atoms with Gasteiger partial charge in [0, 0.05) is 44.6 Å². The maximum absolute atomic E-state index is 12.9. The van der Waals surface area contributed by atoms with E-state index in [1.54, 1.807) is 17.0 Å². The van der Waals surface area contributed by atoms with E-state index in [1.807, 2.05) is 29.1 Å². The number of rotatable bonds is 4. The van der Waals surface area contributed by atoms with Crippen molar-refractivity contribution in [2.24, 2.45) is 5.14 Å². The third-order valence-electron chi connectivity index (χ3n) is 4.27. The van der Waals surface area contributed by atoms with Gasteiger partial charge in [-0.2, -0.15) is 12.7 Å². The number of amides is 1. The molecule has 0 spiro atoms. The lowest BCUT2D eigenvalue weighted by Crippen LogP contribution is -2.52. The van der Waals surface area contributed by atoms with Crippen molar-refractivity contribution in [3.8, 4) is 11.4 Å². The molecule has 0 radical (unpaired) electrons. The first-order chi connectivity index (χ1) is 12.3. The fourth-order valence-electron chi connectivity index (χ4n) is 2.89. The molecule has 2 heterocycles. The highest BCUT2D eigenvalue weighted by molar-refractivity contribution is 7.86. The smallest absolute Gasteiger partial charge is 0.277 e. The molecular formula is C16H19ClN4O4S. The maximum Gasteiger partial charge on any atom is 0.277 e. The van der Waals surface area contributed by atoms with Crippen LogP contribution in [0.3, 0.4) is 0 Å². The molecule has 2 aromatic rings. The Morgan fingerprint density at radius 1 is 1.15 bits per heavy atom. The Labute approximate surface area is 156 Å². The first kappa shape index (κ1) is 18.7. The zero-order valence-electron chi connectivity index (χ0n) is 14.1. The van der Waals surface area contributed by atoms with Crippen molar-refractivity contribution in [3.05, 3.63) is 47.2 Å². The minimum absolute atomic E-state index is 0.155. The fourth-order valence-corrected chi connectivity index (χ4v) is 3.82. The van der Waals surface area contributed by atoms with Crippen LogP contribution in [0.2, 0.25) is 5.02 Å². The maximum atomic E-state index is 12.9. The van der Waals surface area contributed by atoms with Gasteiger partial charge in [0.05, 0.1) is 23.4 Å². The molecule has 1 aromatic carbocycles. The molecule has 1 aromatic heterocycles. The van der Waals surface area contributed by atoms with Crippen LogP contribution in [0.25, 0.3) is 5.69 Å². The lowest BCUT2D eigenvalue weighted by atomic mass is 10.1. The topological polar surface area (TPSA) is 97.9 Å². The zero-order valence-corrected chi connectivity index (χ0v) is 15.7. The number of nitrogens with zero attached hydrogens (tertiary/aromatic N) is 3. The summed E-state index contributed by atoms with van der Waals surface area (Å²) in [5.41, 5.74) is 1.03. The molecule has 0 unspecified atom stereocenters. The van der Waals surface area contributed by atoms with Crippen LogP contribution in [0.4, 0.5) is 0 Å². The molecule has 140 valence electrons. The van der Waals surface area contributed by atoms with Crippen molar-refractivity contribution in [3.63, 3.8) is 0 Å². The van der Waals surface area contributed by atoms with E-state index in [0.717, 1.165) is 4.31 Å². The van der Waals surface area contributed by atoms with Crippen LogP contribution in [0, 0.1) is 0 Å². The van der Waals surface area contributed by atoms with Crippen LogP contribution in [0.5, 0.6) is 5.75 Å². The molecule has 0 saturated carbocycles. The van der Waals surface area contributed by atoms with E-state index in [2.05, 4.69) is 0 Å². The number of methoxy groups -OCH3 is 1. The molecule has 3 rings (SSSR count). The monoisotopic (exact) mass is 398 g/mol. The Balaban J connectivity index is 1.85. The Bertz CT molecular complexity index is 907. The molecule has 2 N–H and O–H groups in total. The minimum atomic E-state index is -3.74. The van der Waals surface area contributed by atoms with Crippen LogP contribution >= 0.6 is 11.6 Å². The van der Waals surface area contributed by atoms with Crippen LogP contribution in [-0.4, -0.2) is 61.4 Å². The number of aromatic nitrogens is 1. The molecule has 0 bridgehead atoms. The zero-order chi connectivity index (χ0) is 18.9. The number of ether oxygens (including phenoxy) is 1. The molecule has 1 saturated heterocycles. The summed E-state index contributed by atoms with van der Waals surface area (Å²) in [7, 11) is -2.26. The van der Waals surface area contributed by atoms with Gasteiger partial charge in [0.1, 0.15) is 5.75 Å². The van der Waals surface area contributed by atoms with Gasteiger partial charge >= 0.3 is 0 Å². The molecule has 0 atom stereocenters. The highest BCUT2D eigenvalue weighted by Crippen LogP contribution is 2.31. The number of benzene rings is 1. The van der Waals surface area contributed by atoms with Gasteiger partial charge in [-0.05, 0) is 18.2 Å². The van der Waals surface area contributed by atoms with Crippen LogP contribution in [-0.2, 0) is 10.2 Å². The van der Waals surface area contributed by atoms with Gasteiger partial charge in [-0.3, -0.25) is 4.79 Å². The second kappa shape index (κ2) is 7.28. The predicted octanol–water partition coefficient (Wildman–Crippen LogP) is 1.10. The quantitative estimate of drug-likeness (QED) is 0.833. The van der Waals surface area contributed by atoms with E-state index in [0.29, 0.717) is 22.0 Å². The van der Waals surface area contributed by atoms with E-state index in [4.69, 9.17) is 21.5 Å². The van der Waals surface area contributed by atoms with Crippen molar-refractivity contribution in [2.45, 2.75) is 0 Å². The second-order valence-corrected chi connectivity index (χ2v) is 7.78. The number of piperazine rings is 1. The normalized spacial score (nSPS) is 15.9. The summed E-state index contributed by atoms with van der Waals surface area (Å²) in [5, 5.41) is 5.54. The largest absolute Gasteiger partial charge is 0.496 e. The summed E-state index contributed by atoms with van der Waals surface area (Å²) in [6, 6.07) is 7.01. The average molecular weight is 399 g/mol. The molecule has 1 amide bonds. The van der Waals surface area contributed by atoms with E-state index >= 15 is 0 Å². The highest BCUT2D eigenvalue weighted by atomic mass is 35.5. The Morgan fingerprint density at radius 3 is 2.31 bits per heavy atom. The molecule has 8 nitrogen and oxygen atoms in total. The van der Waals surface area contributed by atoms with Gasteiger partial charge in [-0.1, -0.05) is 11.6 Å². The molecule has 1 fully saturated rings. The van der Waals surface area contributed by atoms with Crippen LogP contribution < -0.4 is 9.88 Å². The number of hydrogen-bond donors (Lipinski definition) is 1. The number of nitrogens with two attached hydrogens (primary N) is 1. The van der Waals surface area contributed by atoms with E-state index in [-0.39, 0.29) is 32.1 Å². The Kier molecular flexibility index (Phi) is 5.24. The van der Waals surface area contributed by atoms with Crippen LogP contribution in [0.1, 0.15) is 10.4 Å². The van der Waals surface area contributed by atoms with Crippen molar-refractivity contribution in [2.75, 3.05) is 33.3 Å². The Hall–Kier alpha value is -2.07. The number of hydrogen-bond acceptors (Lipinski definition) is 4. The molecule has 1 aliphatic heterocycles. The van der Waals surface area contributed by atoms with Crippen molar-refractivity contribution < 1.29 is 17.9 Å². The van der Waals surface area contributed by atoms with Gasteiger partial charge in [0.2, 0.25) is 0 Å². The van der Waals surface area contributed by atoms with E-state index in [9.17, 15) is 13.2 Å². The predicted molar refractivity (Wildman–Crippen MR) is 97.9 cm³/mol.